The molecule has 2 atom stereocenters. The van der Waals surface area contributed by atoms with Crippen LogP contribution < -0.4 is 5.32 Å². The first kappa shape index (κ1) is 10.4. The second-order valence-corrected chi connectivity index (χ2v) is 5.21. The molecule has 2 aliphatic heterocycles. The minimum Gasteiger partial charge on any atom is -0.374 e. The Kier molecular flexibility index (Phi) is 3.38. The van der Waals surface area contributed by atoms with Crippen molar-refractivity contribution in [2.75, 3.05) is 24.7 Å². The lowest BCUT2D eigenvalue weighted by Crippen LogP contribution is -2.47. The van der Waals surface area contributed by atoms with Crippen LogP contribution in [0.2, 0.25) is 0 Å². The molecule has 2 nitrogen and oxygen atoms in total. The third kappa shape index (κ3) is 2.25. The van der Waals surface area contributed by atoms with Gasteiger partial charge in [-0.3, -0.25) is 0 Å². The smallest absolute Gasteiger partial charge is 0.0795 e. The highest BCUT2D eigenvalue weighted by atomic mass is 32.2. The van der Waals surface area contributed by atoms with Crippen LogP contribution in [0.1, 0.15) is 19.3 Å². The third-order valence-corrected chi connectivity index (χ3v) is 4.28. The molecule has 2 saturated heterocycles. The Hall–Kier alpha value is -0.170. The fraction of sp³-hybridized carbons (Fsp3) is 0.818. The van der Waals surface area contributed by atoms with Gasteiger partial charge >= 0.3 is 0 Å². The highest BCUT2D eigenvalue weighted by Gasteiger charge is 2.40. The first-order valence-electron chi connectivity index (χ1n) is 5.23. The van der Waals surface area contributed by atoms with E-state index in [-0.39, 0.29) is 5.60 Å². The molecule has 1 N–H and O–H groups in total. The van der Waals surface area contributed by atoms with Gasteiger partial charge in [0.25, 0.3) is 0 Å². The summed E-state index contributed by atoms with van der Waals surface area (Å²) in [7, 11) is 0. The summed E-state index contributed by atoms with van der Waals surface area (Å²) in [5.74, 6) is 5.06. The van der Waals surface area contributed by atoms with Gasteiger partial charge in [-0.1, -0.05) is 5.92 Å². The van der Waals surface area contributed by atoms with Crippen LogP contribution in [0.5, 0.6) is 0 Å². The zero-order chi connectivity index (χ0) is 9.86. The minimum atomic E-state index is 0.176. The Morgan fingerprint density at radius 3 is 3.29 bits per heavy atom. The molecule has 0 aliphatic carbocycles. The van der Waals surface area contributed by atoms with E-state index < -0.39 is 0 Å². The van der Waals surface area contributed by atoms with Crippen molar-refractivity contribution in [2.45, 2.75) is 30.9 Å². The summed E-state index contributed by atoms with van der Waals surface area (Å²) < 4.78 is 5.92. The standard InChI is InChI=1S/C11H17NOS/c1-2-5-12-10-3-6-13-11(8-10)4-7-14-9-11/h1,10,12H,3-9H2. The second-order valence-electron chi connectivity index (χ2n) is 4.11. The number of hydrogen-bond donors (Lipinski definition) is 1. The van der Waals surface area contributed by atoms with Crippen molar-refractivity contribution in [3.63, 3.8) is 0 Å². The van der Waals surface area contributed by atoms with E-state index in [1.54, 1.807) is 0 Å². The van der Waals surface area contributed by atoms with Crippen molar-refractivity contribution in [1.82, 2.24) is 5.32 Å². The molecule has 78 valence electrons. The first-order chi connectivity index (χ1) is 6.85. The van der Waals surface area contributed by atoms with Crippen molar-refractivity contribution >= 4 is 11.8 Å². The van der Waals surface area contributed by atoms with Crippen LogP contribution in [0.4, 0.5) is 0 Å². The minimum absolute atomic E-state index is 0.176. The first-order valence-corrected chi connectivity index (χ1v) is 6.39. The fourth-order valence-corrected chi connectivity index (χ4v) is 3.65. The molecule has 0 bridgehead atoms. The van der Waals surface area contributed by atoms with Crippen molar-refractivity contribution in [3.8, 4) is 12.3 Å². The lowest BCUT2D eigenvalue weighted by molar-refractivity contribution is -0.0696. The average Bonchev–Trinajstić information content (AvgIpc) is 2.63. The lowest BCUT2D eigenvalue weighted by Gasteiger charge is -2.37. The number of thioether (sulfide) groups is 1. The normalized spacial score (nSPS) is 37.2. The molecule has 0 aromatic rings. The molecule has 2 heterocycles. The van der Waals surface area contributed by atoms with Gasteiger partial charge in [0.05, 0.1) is 12.1 Å². The van der Waals surface area contributed by atoms with Gasteiger partial charge in [-0.25, -0.2) is 0 Å². The van der Waals surface area contributed by atoms with Gasteiger partial charge in [0, 0.05) is 18.4 Å². The van der Waals surface area contributed by atoms with Crippen LogP contribution in [0.25, 0.3) is 0 Å². The molecule has 2 rings (SSSR count). The lowest BCUT2D eigenvalue weighted by atomic mass is 9.90. The van der Waals surface area contributed by atoms with E-state index >= 15 is 0 Å². The molecule has 3 heteroatoms. The summed E-state index contributed by atoms with van der Waals surface area (Å²) in [6.45, 7) is 1.58. The average molecular weight is 211 g/mol. The SMILES string of the molecule is C#CCNC1CCOC2(CCSC2)C1. The molecular weight excluding hydrogens is 194 g/mol. The highest BCUT2D eigenvalue weighted by molar-refractivity contribution is 7.99. The maximum absolute atomic E-state index is 5.92. The van der Waals surface area contributed by atoms with Gasteiger partial charge in [-0.2, -0.15) is 11.8 Å². The van der Waals surface area contributed by atoms with E-state index in [9.17, 15) is 0 Å². The largest absolute Gasteiger partial charge is 0.374 e. The quantitative estimate of drug-likeness (QED) is 0.695. The Morgan fingerprint density at radius 1 is 1.64 bits per heavy atom. The van der Waals surface area contributed by atoms with Crippen LogP contribution in [-0.4, -0.2) is 36.3 Å². The van der Waals surface area contributed by atoms with Crippen LogP contribution >= 0.6 is 11.8 Å². The summed E-state index contributed by atoms with van der Waals surface area (Å²) in [4.78, 5) is 0. The van der Waals surface area contributed by atoms with Crippen molar-refractivity contribution in [2.24, 2.45) is 0 Å². The Bertz CT molecular complexity index is 230. The summed E-state index contributed by atoms with van der Waals surface area (Å²) >= 11 is 2.01. The van der Waals surface area contributed by atoms with E-state index in [1.807, 2.05) is 11.8 Å². The number of hydrogen-bond acceptors (Lipinski definition) is 3. The highest BCUT2D eigenvalue weighted by Crippen LogP contribution is 2.38. The Morgan fingerprint density at radius 2 is 2.57 bits per heavy atom. The van der Waals surface area contributed by atoms with E-state index in [1.165, 1.54) is 17.9 Å². The monoisotopic (exact) mass is 211 g/mol. The van der Waals surface area contributed by atoms with Crippen LogP contribution in [-0.2, 0) is 4.74 Å². The summed E-state index contributed by atoms with van der Waals surface area (Å²) in [6.07, 6.45) is 8.70. The van der Waals surface area contributed by atoms with Gasteiger partial charge in [-0.05, 0) is 25.0 Å². The molecule has 0 aromatic carbocycles. The van der Waals surface area contributed by atoms with E-state index in [2.05, 4.69) is 11.2 Å². The predicted molar refractivity (Wildman–Crippen MR) is 60.5 cm³/mol. The maximum Gasteiger partial charge on any atom is 0.0795 e. The Labute approximate surface area is 90.2 Å². The third-order valence-electron chi connectivity index (χ3n) is 3.05. The topological polar surface area (TPSA) is 21.3 Å². The van der Waals surface area contributed by atoms with Gasteiger partial charge in [0.15, 0.2) is 0 Å². The molecule has 1 spiro atoms. The molecule has 2 unspecified atom stereocenters. The van der Waals surface area contributed by atoms with Gasteiger partial charge in [0.1, 0.15) is 0 Å². The zero-order valence-corrected chi connectivity index (χ0v) is 9.24. The number of ether oxygens (including phenoxy) is 1. The molecule has 14 heavy (non-hydrogen) atoms. The van der Waals surface area contributed by atoms with E-state index in [0.717, 1.165) is 19.4 Å². The number of terminal acetylenes is 1. The molecule has 2 aliphatic rings. The van der Waals surface area contributed by atoms with Gasteiger partial charge in [-0.15, -0.1) is 6.42 Å². The summed E-state index contributed by atoms with van der Waals surface area (Å²) in [5.41, 5.74) is 0.176. The van der Waals surface area contributed by atoms with Gasteiger partial charge in [0.2, 0.25) is 0 Å². The molecule has 0 saturated carbocycles. The number of rotatable bonds is 2. The summed E-state index contributed by atoms with van der Waals surface area (Å²) in [5, 5.41) is 3.40. The molecule has 2 fully saturated rings. The predicted octanol–water partition coefficient (Wildman–Crippen LogP) is 1.26. The van der Waals surface area contributed by atoms with Crippen molar-refractivity contribution < 1.29 is 4.74 Å². The molecule has 0 aromatic heterocycles. The van der Waals surface area contributed by atoms with Crippen molar-refractivity contribution in [1.29, 1.82) is 0 Å². The second kappa shape index (κ2) is 4.57. The van der Waals surface area contributed by atoms with Crippen LogP contribution in [0.15, 0.2) is 0 Å². The molecular formula is C11H17NOS. The van der Waals surface area contributed by atoms with Crippen LogP contribution in [0, 0.1) is 12.3 Å². The van der Waals surface area contributed by atoms with Crippen LogP contribution in [0.3, 0.4) is 0 Å². The van der Waals surface area contributed by atoms with E-state index in [0.29, 0.717) is 12.6 Å². The van der Waals surface area contributed by atoms with Gasteiger partial charge < -0.3 is 10.1 Å². The zero-order valence-electron chi connectivity index (χ0n) is 8.42. The van der Waals surface area contributed by atoms with E-state index in [4.69, 9.17) is 11.2 Å². The molecule has 0 radical (unpaired) electrons. The van der Waals surface area contributed by atoms with Crippen molar-refractivity contribution in [3.05, 3.63) is 0 Å². The fourth-order valence-electron chi connectivity index (χ4n) is 2.27. The maximum atomic E-state index is 5.92. The number of nitrogens with one attached hydrogen (secondary N) is 1. The summed E-state index contributed by atoms with van der Waals surface area (Å²) in [6, 6.07) is 0.568. The Balaban J connectivity index is 1.87. The molecule has 0 amide bonds.